The van der Waals surface area contributed by atoms with Gasteiger partial charge in [-0.15, -0.1) is 0 Å². The summed E-state index contributed by atoms with van der Waals surface area (Å²) in [4.78, 5) is 11.7. The van der Waals surface area contributed by atoms with E-state index in [1.165, 1.54) is 47.8 Å². The van der Waals surface area contributed by atoms with Gasteiger partial charge in [-0.1, -0.05) is 71.9 Å². The molecule has 0 amide bonds. The summed E-state index contributed by atoms with van der Waals surface area (Å²) in [6.45, 7) is 16.3. The first-order chi connectivity index (χ1) is 14.0. The molecule has 0 fully saturated rings. The number of esters is 1. The summed E-state index contributed by atoms with van der Waals surface area (Å²) in [5, 5.41) is 0. The highest BCUT2D eigenvalue weighted by atomic mass is 16.5. The summed E-state index contributed by atoms with van der Waals surface area (Å²) in [6, 6.07) is 12.6. The number of allylic oxidation sites excluding steroid dienone is 1. The van der Waals surface area contributed by atoms with Crippen molar-refractivity contribution < 1.29 is 9.53 Å². The van der Waals surface area contributed by atoms with Crippen molar-refractivity contribution in [2.24, 2.45) is 0 Å². The third-order valence-electron chi connectivity index (χ3n) is 6.78. The molecule has 0 heterocycles. The maximum Gasteiger partial charge on any atom is 0.337 e. The monoisotopic (exact) mass is 404 g/mol. The molecule has 2 heteroatoms. The van der Waals surface area contributed by atoms with E-state index in [2.05, 4.69) is 66.7 Å². The highest BCUT2D eigenvalue weighted by Gasteiger charge is 2.37. The molecular weight excluding hydrogens is 368 g/mol. The molecule has 160 valence electrons. The van der Waals surface area contributed by atoms with E-state index in [0.29, 0.717) is 11.5 Å². The Kier molecular flexibility index (Phi) is 6.00. The molecule has 2 nitrogen and oxygen atoms in total. The Labute approximate surface area is 182 Å². The van der Waals surface area contributed by atoms with Gasteiger partial charge in [0.25, 0.3) is 0 Å². The van der Waals surface area contributed by atoms with Crippen LogP contribution in [0, 0.1) is 0 Å². The minimum absolute atomic E-state index is 0.192. The van der Waals surface area contributed by atoms with Gasteiger partial charge in [0.05, 0.1) is 12.7 Å². The van der Waals surface area contributed by atoms with Crippen molar-refractivity contribution in [2.45, 2.75) is 78.1 Å². The first-order valence-corrected chi connectivity index (χ1v) is 11.0. The van der Waals surface area contributed by atoms with Crippen molar-refractivity contribution in [3.8, 4) is 0 Å². The fraction of sp³-hybridized carbons (Fsp3) is 0.464. The molecule has 0 bridgehead atoms. The van der Waals surface area contributed by atoms with Gasteiger partial charge in [-0.05, 0) is 82.0 Å². The molecule has 0 aromatic heterocycles. The van der Waals surface area contributed by atoms with Gasteiger partial charge in [-0.25, -0.2) is 4.79 Å². The van der Waals surface area contributed by atoms with Gasteiger partial charge in [0.15, 0.2) is 0 Å². The second kappa shape index (κ2) is 8.06. The van der Waals surface area contributed by atoms with E-state index in [1.807, 2.05) is 24.3 Å². The molecule has 0 saturated carbocycles. The SMILES string of the molecule is COC(=O)c1ccc(C=C(C)c2cc3c(cc2C(C)C)C(C)(C)CCC3(C)C)cc1. The first kappa shape index (κ1) is 22.3. The first-order valence-electron chi connectivity index (χ1n) is 11.0. The molecule has 0 spiro atoms. The molecule has 0 radical (unpaired) electrons. The van der Waals surface area contributed by atoms with Crippen LogP contribution in [0.5, 0.6) is 0 Å². The molecular formula is C28H36O2. The summed E-state index contributed by atoms with van der Waals surface area (Å²) in [6.07, 6.45) is 4.66. The summed E-state index contributed by atoms with van der Waals surface area (Å²) < 4.78 is 4.80. The van der Waals surface area contributed by atoms with Crippen LogP contribution < -0.4 is 0 Å². The van der Waals surface area contributed by atoms with Crippen molar-refractivity contribution in [1.82, 2.24) is 0 Å². The number of carbonyl (C=O) groups excluding carboxylic acids is 1. The second-order valence-corrected chi connectivity index (χ2v) is 10.3. The Morgan fingerprint density at radius 2 is 1.50 bits per heavy atom. The van der Waals surface area contributed by atoms with E-state index in [0.717, 1.165) is 5.56 Å². The summed E-state index contributed by atoms with van der Waals surface area (Å²) >= 11 is 0. The molecule has 0 N–H and O–H groups in total. The zero-order chi connectivity index (χ0) is 22.3. The molecule has 2 aromatic carbocycles. The van der Waals surface area contributed by atoms with E-state index < -0.39 is 0 Å². The van der Waals surface area contributed by atoms with E-state index in [1.54, 1.807) is 0 Å². The topological polar surface area (TPSA) is 26.3 Å². The van der Waals surface area contributed by atoms with E-state index in [9.17, 15) is 4.79 Å². The molecule has 0 unspecified atom stereocenters. The van der Waals surface area contributed by atoms with Crippen molar-refractivity contribution in [2.75, 3.05) is 7.11 Å². The fourth-order valence-corrected chi connectivity index (χ4v) is 4.61. The van der Waals surface area contributed by atoms with Gasteiger partial charge in [0.1, 0.15) is 0 Å². The minimum atomic E-state index is -0.302. The van der Waals surface area contributed by atoms with Crippen LogP contribution in [0.1, 0.15) is 105 Å². The van der Waals surface area contributed by atoms with Crippen molar-refractivity contribution >= 4 is 17.6 Å². The lowest BCUT2D eigenvalue weighted by atomic mass is 9.62. The number of methoxy groups -OCH3 is 1. The highest BCUT2D eigenvalue weighted by molar-refractivity contribution is 5.90. The van der Waals surface area contributed by atoms with Crippen molar-refractivity contribution in [3.05, 3.63) is 69.8 Å². The largest absolute Gasteiger partial charge is 0.465 e. The van der Waals surface area contributed by atoms with Crippen LogP contribution in [0.2, 0.25) is 0 Å². The third kappa shape index (κ3) is 4.24. The lowest BCUT2D eigenvalue weighted by molar-refractivity contribution is 0.0600. The lowest BCUT2D eigenvalue weighted by Gasteiger charge is -2.43. The standard InChI is InChI=1S/C28H36O2/c1-18(2)22-16-24-25(28(6,7)14-13-27(24,4)5)17-23(22)19(3)15-20-9-11-21(12-10-20)26(29)30-8/h9-12,15-18H,13-14H2,1-8H3. The Bertz CT molecular complexity index is 972. The number of rotatable bonds is 4. The van der Waals surface area contributed by atoms with Crippen LogP contribution in [0.4, 0.5) is 0 Å². The molecule has 1 aliphatic carbocycles. The normalized spacial score (nSPS) is 17.6. The van der Waals surface area contributed by atoms with Crippen LogP contribution in [-0.2, 0) is 15.6 Å². The van der Waals surface area contributed by atoms with Crippen molar-refractivity contribution in [3.63, 3.8) is 0 Å². The second-order valence-electron chi connectivity index (χ2n) is 10.3. The minimum Gasteiger partial charge on any atom is -0.465 e. The summed E-state index contributed by atoms with van der Waals surface area (Å²) in [5.74, 6) is 0.153. The van der Waals surface area contributed by atoms with E-state index >= 15 is 0 Å². The smallest absolute Gasteiger partial charge is 0.337 e. The van der Waals surface area contributed by atoms with Gasteiger partial charge in [0.2, 0.25) is 0 Å². The van der Waals surface area contributed by atoms with Gasteiger partial charge in [-0.2, -0.15) is 0 Å². The highest BCUT2D eigenvalue weighted by Crippen LogP contribution is 2.48. The maximum atomic E-state index is 11.7. The Morgan fingerprint density at radius 1 is 0.967 bits per heavy atom. The predicted molar refractivity (Wildman–Crippen MR) is 127 cm³/mol. The number of fused-ring (bicyclic) bond motifs is 1. The van der Waals surface area contributed by atoms with E-state index in [-0.39, 0.29) is 16.8 Å². The zero-order valence-corrected chi connectivity index (χ0v) is 19.8. The number of benzene rings is 2. The summed E-state index contributed by atoms with van der Waals surface area (Å²) in [7, 11) is 1.41. The number of hydrogen-bond donors (Lipinski definition) is 0. The Hall–Kier alpha value is -2.35. The molecule has 0 saturated heterocycles. The van der Waals surface area contributed by atoms with Gasteiger partial charge < -0.3 is 4.74 Å². The van der Waals surface area contributed by atoms with Crippen LogP contribution in [0.15, 0.2) is 36.4 Å². The average Bonchev–Trinajstić information content (AvgIpc) is 2.70. The van der Waals surface area contributed by atoms with Crippen LogP contribution in [0.3, 0.4) is 0 Å². The van der Waals surface area contributed by atoms with E-state index in [4.69, 9.17) is 4.74 Å². The molecule has 0 aliphatic heterocycles. The lowest BCUT2D eigenvalue weighted by Crippen LogP contribution is -2.34. The summed E-state index contributed by atoms with van der Waals surface area (Å²) in [5.41, 5.74) is 9.09. The molecule has 3 rings (SSSR count). The quantitative estimate of drug-likeness (QED) is 0.389. The maximum absolute atomic E-state index is 11.7. The van der Waals surface area contributed by atoms with Crippen LogP contribution in [-0.4, -0.2) is 13.1 Å². The fourth-order valence-electron chi connectivity index (χ4n) is 4.61. The Morgan fingerprint density at radius 3 is 2.00 bits per heavy atom. The molecule has 0 atom stereocenters. The zero-order valence-electron chi connectivity index (χ0n) is 19.8. The number of hydrogen-bond acceptors (Lipinski definition) is 2. The van der Waals surface area contributed by atoms with Gasteiger partial charge in [0, 0.05) is 0 Å². The van der Waals surface area contributed by atoms with Gasteiger partial charge in [-0.3, -0.25) is 0 Å². The van der Waals surface area contributed by atoms with Crippen LogP contribution >= 0.6 is 0 Å². The Balaban J connectivity index is 2.10. The molecule has 30 heavy (non-hydrogen) atoms. The van der Waals surface area contributed by atoms with Crippen molar-refractivity contribution in [1.29, 1.82) is 0 Å². The number of ether oxygens (including phenoxy) is 1. The van der Waals surface area contributed by atoms with Gasteiger partial charge >= 0.3 is 5.97 Å². The predicted octanol–water partition coefficient (Wildman–Crippen LogP) is 7.51. The average molecular weight is 405 g/mol. The number of carbonyl (C=O) groups is 1. The molecule has 2 aromatic rings. The third-order valence-corrected chi connectivity index (χ3v) is 6.78. The molecule has 1 aliphatic rings. The van der Waals surface area contributed by atoms with Crippen LogP contribution in [0.25, 0.3) is 11.6 Å².